The first kappa shape index (κ1) is 18.7. The fourth-order valence-electron chi connectivity index (χ4n) is 4.41. The van der Waals surface area contributed by atoms with Crippen molar-refractivity contribution in [3.8, 4) is 0 Å². The van der Waals surface area contributed by atoms with Crippen LogP contribution in [-0.4, -0.2) is 54.3 Å². The molecule has 1 unspecified atom stereocenters. The molecule has 0 N–H and O–H groups in total. The van der Waals surface area contributed by atoms with Gasteiger partial charge in [-0.05, 0) is 37.0 Å². The van der Waals surface area contributed by atoms with Crippen molar-refractivity contribution in [1.82, 2.24) is 14.2 Å². The first-order valence-electron chi connectivity index (χ1n) is 10.3. The molecule has 2 fully saturated rings. The molecule has 29 heavy (non-hydrogen) atoms. The lowest BCUT2D eigenvalue weighted by Crippen LogP contribution is -2.56. The minimum absolute atomic E-state index is 0.0734. The first-order valence-corrected chi connectivity index (χ1v) is 11.7. The van der Waals surface area contributed by atoms with E-state index in [-0.39, 0.29) is 6.04 Å². The van der Waals surface area contributed by atoms with E-state index in [2.05, 4.69) is 22.0 Å². The lowest BCUT2D eigenvalue weighted by Gasteiger charge is -2.41. The third-order valence-corrected chi connectivity index (χ3v) is 8.00. The van der Waals surface area contributed by atoms with Crippen LogP contribution in [0.2, 0.25) is 0 Å². The number of piperazine rings is 1. The molecule has 150 valence electrons. The van der Waals surface area contributed by atoms with E-state index in [9.17, 15) is 8.42 Å². The standard InChI is InChI=1S/C23H25N3O2S/c27-29(28,22-10-4-8-19-9-5-13-24-23(19)22)26-15-14-25(20-11-12-20)17-21(26)16-18-6-2-1-3-7-18/h1-10,13,20-21H,11-12,14-17H2. The molecule has 1 aromatic heterocycles. The van der Waals surface area contributed by atoms with Crippen molar-refractivity contribution in [2.45, 2.75) is 36.2 Å². The molecule has 1 atom stereocenters. The van der Waals surface area contributed by atoms with Crippen LogP contribution in [0.4, 0.5) is 0 Å². The summed E-state index contributed by atoms with van der Waals surface area (Å²) < 4.78 is 29.2. The summed E-state index contributed by atoms with van der Waals surface area (Å²) in [6.45, 7) is 2.12. The normalized spacial score (nSPS) is 21.4. The maximum absolute atomic E-state index is 13.8. The summed E-state index contributed by atoms with van der Waals surface area (Å²) in [5.41, 5.74) is 1.73. The molecule has 6 heteroatoms. The molecule has 3 aromatic rings. The van der Waals surface area contributed by atoms with Gasteiger partial charge >= 0.3 is 0 Å². The van der Waals surface area contributed by atoms with Crippen molar-refractivity contribution in [2.24, 2.45) is 0 Å². The first-order chi connectivity index (χ1) is 14.1. The Hall–Kier alpha value is -2.28. The number of pyridine rings is 1. The Morgan fingerprint density at radius 3 is 2.52 bits per heavy atom. The topological polar surface area (TPSA) is 53.5 Å². The summed E-state index contributed by atoms with van der Waals surface area (Å²) >= 11 is 0. The maximum atomic E-state index is 13.8. The molecule has 1 saturated heterocycles. The zero-order chi connectivity index (χ0) is 19.8. The lowest BCUT2D eigenvalue weighted by atomic mass is 10.0. The number of benzene rings is 2. The van der Waals surface area contributed by atoms with E-state index >= 15 is 0 Å². The summed E-state index contributed by atoms with van der Waals surface area (Å²) in [5, 5.41) is 0.852. The van der Waals surface area contributed by atoms with E-state index in [1.807, 2.05) is 42.5 Å². The van der Waals surface area contributed by atoms with Crippen LogP contribution in [-0.2, 0) is 16.4 Å². The molecule has 2 aromatic carbocycles. The van der Waals surface area contributed by atoms with E-state index in [1.54, 1.807) is 16.6 Å². The van der Waals surface area contributed by atoms with Crippen molar-refractivity contribution < 1.29 is 8.42 Å². The average Bonchev–Trinajstić information content (AvgIpc) is 3.59. The Kier molecular flexibility index (Phi) is 4.86. The Balaban J connectivity index is 1.52. The highest BCUT2D eigenvalue weighted by atomic mass is 32.2. The second-order valence-corrected chi connectivity index (χ2v) is 9.88. The van der Waals surface area contributed by atoms with Crippen LogP contribution in [0.3, 0.4) is 0 Å². The smallest absolute Gasteiger partial charge is 0.245 e. The number of rotatable bonds is 5. The number of hydrogen-bond donors (Lipinski definition) is 0. The summed E-state index contributed by atoms with van der Waals surface area (Å²) in [5.74, 6) is 0. The Bertz CT molecular complexity index is 1110. The van der Waals surface area contributed by atoms with Gasteiger partial charge in [-0.25, -0.2) is 8.42 Å². The van der Waals surface area contributed by atoms with Gasteiger partial charge in [0.15, 0.2) is 0 Å². The van der Waals surface area contributed by atoms with Gasteiger partial charge in [-0.1, -0.05) is 48.5 Å². The lowest BCUT2D eigenvalue weighted by molar-refractivity contribution is 0.128. The van der Waals surface area contributed by atoms with Crippen LogP contribution in [0.15, 0.2) is 71.8 Å². The van der Waals surface area contributed by atoms with E-state index in [0.29, 0.717) is 23.0 Å². The molecular weight excluding hydrogens is 382 g/mol. The molecule has 1 aliphatic carbocycles. The van der Waals surface area contributed by atoms with E-state index in [0.717, 1.165) is 24.9 Å². The molecule has 2 aliphatic rings. The number of para-hydroxylation sites is 1. The second kappa shape index (κ2) is 7.52. The SMILES string of the molecule is O=S(=O)(c1cccc2cccnc12)N1CCN(C2CC2)CC1Cc1ccccc1. The second-order valence-electron chi connectivity index (χ2n) is 8.02. The molecule has 2 heterocycles. The molecule has 1 saturated carbocycles. The van der Waals surface area contributed by atoms with E-state index in [4.69, 9.17) is 0 Å². The Morgan fingerprint density at radius 2 is 1.72 bits per heavy atom. The van der Waals surface area contributed by atoms with Gasteiger partial charge in [-0.2, -0.15) is 4.31 Å². The Morgan fingerprint density at radius 1 is 0.931 bits per heavy atom. The quantitative estimate of drug-likeness (QED) is 0.651. The van der Waals surface area contributed by atoms with Gasteiger partial charge in [0.1, 0.15) is 4.90 Å². The third kappa shape index (κ3) is 3.68. The molecular formula is C23H25N3O2S. The Labute approximate surface area is 172 Å². The summed E-state index contributed by atoms with van der Waals surface area (Å²) in [7, 11) is -3.64. The van der Waals surface area contributed by atoms with Crippen molar-refractivity contribution >= 4 is 20.9 Å². The number of nitrogens with zero attached hydrogens (tertiary/aromatic N) is 3. The molecule has 1 aliphatic heterocycles. The number of aromatic nitrogens is 1. The third-order valence-electron chi connectivity index (χ3n) is 6.02. The molecule has 0 radical (unpaired) electrons. The molecule has 5 nitrogen and oxygen atoms in total. The monoisotopic (exact) mass is 407 g/mol. The van der Waals surface area contributed by atoms with Crippen LogP contribution in [0.5, 0.6) is 0 Å². The minimum atomic E-state index is -3.64. The highest BCUT2D eigenvalue weighted by Gasteiger charge is 2.40. The highest BCUT2D eigenvalue weighted by molar-refractivity contribution is 7.89. The van der Waals surface area contributed by atoms with Gasteiger partial charge < -0.3 is 0 Å². The van der Waals surface area contributed by atoms with Crippen LogP contribution in [0.1, 0.15) is 18.4 Å². The van der Waals surface area contributed by atoms with Gasteiger partial charge in [0.25, 0.3) is 0 Å². The van der Waals surface area contributed by atoms with Gasteiger partial charge in [-0.15, -0.1) is 0 Å². The van der Waals surface area contributed by atoms with Crippen molar-refractivity contribution in [1.29, 1.82) is 0 Å². The number of hydrogen-bond acceptors (Lipinski definition) is 4. The molecule has 5 rings (SSSR count). The molecule has 0 amide bonds. The largest absolute Gasteiger partial charge is 0.297 e. The van der Waals surface area contributed by atoms with Crippen LogP contribution >= 0.6 is 0 Å². The predicted molar refractivity (Wildman–Crippen MR) is 114 cm³/mol. The van der Waals surface area contributed by atoms with Crippen molar-refractivity contribution in [3.63, 3.8) is 0 Å². The van der Waals surface area contributed by atoms with Crippen LogP contribution in [0.25, 0.3) is 10.9 Å². The van der Waals surface area contributed by atoms with Crippen molar-refractivity contribution in [3.05, 3.63) is 72.4 Å². The summed E-state index contributed by atoms with van der Waals surface area (Å²) in [6, 6.07) is 19.9. The molecule has 0 bridgehead atoms. The van der Waals surface area contributed by atoms with Crippen LogP contribution < -0.4 is 0 Å². The van der Waals surface area contributed by atoms with Gasteiger partial charge in [0.2, 0.25) is 10.0 Å². The molecule has 0 spiro atoms. The van der Waals surface area contributed by atoms with Gasteiger partial charge in [0, 0.05) is 43.3 Å². The maximum Gasteiger partial charge on any atom is 0.245 e. The number of fused-ring (bicyclic) bond motifs is 1. The van der Waals surface area contributed by atoms with E-state index < -0.39 is 10.0 Å². The summed E-state index contributed by atoms with van der Waals surface area (Å²) in [6.07, 6.45) is 4.85. The fraction of sp³-hybridized carbons (Fsp3) is 0.348. The number of sulfonamides is 1. The van der Waals surface area contributed by atoms with Crippen molar-refractivity contribution in [2.75, 3.05) is 19.6 Å². The van der Waals surface area contributed by atoms with Gasteiger partial charge in [0.05, 0.1) is 5.52 Å². The zero-order valence-corrected chi connectivity index (χ0v) is 17.1. The van der Waals surface area contributed by atoms with E-state index in [1.165, 1.54) is 18.4 Å². The average molecular weight is 408 g/mol. The predicted octanol–water partition coefficient (Wildman–Crippen LogP) is 3.31. The minimum Gasteiger partial charge on any atom is -0.297 e. The summed E-state index contributed by atoms with van der Waals surface area (Å²) in [4.78, 5) is 7.17. The highest BCUT2D eigenvalue weighted by Crippen LogP contribution is 2.32. The zero-order valence-electron chi connectivity index (χ0n) is 16.3. The van der Waals surface area contributed by atoms with Gasteiger partial charge in [-0.3, -0.25) is 9.88 Å². The van der Waals surface area contributed by atoms with Crippen LogP contribution in [0, 0.1) is 0 Å². The fourth-order valence-corrected chi connectivity index (χ4v) is 6.19.